The van der Waals surface area contributed by atoms with Crippen molar-refractivity contribution in [3.8, 4) is 5.75 Å². The fraction of sp³-hybridized carbons (Fsp3) is 0.333. The fourth-order valence-electron chi connectivity index (χ4n) is 2.50. The number of aromatic amines is 1. The minimum atomic E-state index is -0.190. The predicted octanol–water partition coefficient (Wildman–Crippen LogP) is 2.05. The van der Waals surface area contributed by atoms with E-state index in [-0.39, 0.29) is 18.3 Å². The zero-order valence-electron chi connectivity index (χ0n) is 12.5. The van der Waals surface area contributed by atoms with Gasteiger partial charge in [0.25, 0.3) is 5.91 Å². The van der Waals surface area contributed by atoms with Gasteiger partial charge in [0, 0.05) is 36.5 Å². The van der Waals surface area contributed by atoms with E-state index in [1.165, 1.54) is 0 Å². The van der Waals surface area contributed by atoms with Gasteiger partial charge in [-0.15, -0.1) is 12.4 Å². The molecule has 1 aromatic carbocycles. The number of benzene rings is 1. The van der Waals surface area contributed by atoms with Crippen LogP contribution in [0.4, 0.5) is 5.69 Å². The van der Waals surface area contributed by atoms with E-state index in [2.05, 4.69) is 20.8 Å². The Hall–Kier alpha value is -2.05. The average Bonchev–Trinajstić information content (AvgIpc) is 2.93. The second kappa shape index (κ2) is 6.81. The molecule has 118 valence electrons. The molecule has 2 aromatic rings. The minimum absolute atomic E-state index is 0. The first-order chi connectivity index (χ1) is 10.2. The van der Waals surface area contributed by atoms with Gasteiger partial charge in [-0.05, 0) is 30.7 Å². The van der Waals surface area contributed by atoms with Crippen LogP contribution < -0.4 is 15.4 Å². The number of nitrogens with one attached hydrogen (secondary N) is 3. The molecule has 7 heteroatoms. The summed E-state index contributed by atoms with van der Waals surface area (Å²) < 4.78 is 5.16. The van der Waals surface area contributed by atoms with Crippen molar-refractivity contribution in [2.75, 3.05) is 19.0 Å². The number of carbonyl (C=O) groups is 1. The maximum atomic E-state index is 12.4. The van der Waals surface area contributed by atoms with Crippen molar-refractivity contribution in [1.29, 1.82) is 0 Å². The van der Waals surface area contributed by atoms with Crippen molar-refractivity contribution in [2.24, 2.45) is 0 Å². The monoisotopic (exact) mass is 322 g/mol. The second-order valence-corrected chi connectivity index (χ2v) is 5.09. The van der Waals surface area contributed by atoms with Crippen LogP contribution in [0.5, 0.6) is 5.75 Å². The quantitative estimate of drug-likeness (QED) is 0.808. The number of aryl methyl sites for hydroxylation is 1. The van der Waals surface area contributed by atoms with Gasteiger partial charge in [0.15, 0.2) is 5.69 Å². The van der Waals surface area contributed by atoms with E-state index in [4.69, 9.17) is 4.74 Å². The molecule has 0 bridgehead atoms. The summed E-state index contributed by atoms with van der Waals surface area (Å²) in [6, 6.07) is 5.55. The molecule has 3 N–H and O–H groups in total. The van der Waals surface area contributed by atoms with Crippen molar-refractivity contribution >= 4 is 24.0 Å². The molecule has 2 heterocycles. The zero-order chi connectivity index (χ0) is 14.8. The Kier molecular flexibility index (Phi) is 5.05. The SMILES string of the molecule is COc1ccc(NC(=O)c2n[nH]c3c2CNCC3)c(C)c1.Cl. The number of H-pyrrole nitrogens is 1. The first-order valence-corrected chi connectivity index (χ1v) is 6.92. The number of rotatable bonds is 3. The summed E-state index contributed by atoms with van der Waals surface area (Å²) in [5.41, 5.74) is 4.19. The molecular formula is C15H19ClN4O2. The first-order valence-electron chi connectivity index (χ1n) is 6.92. The number of carbonyl (C=O) groups excluding carboxylic acids is 1. The molecule has 1 aromatic heterocycles. The smallest absolute Gasteiger partial charge is 0.276 e. The molecule has 6 nitrogen and oxygen atoms in total. The number of nitrogens with zero attached hydrogens (tertiary/aromatic N) is 1. The van der Waals surface area contributed by atoms with E-state index in [0.717, 1.165) is 41.2 Å². The summed E-state index contributed by atoms with van der Waals surface area (Å²) >= 11 is 0. The summed E-state index contributed by atoms with van der Waals surface area (Å²) in [7, 11) is 1.62. The number of ether oxygens (including phenoxy) is 1. The van der Waals surface area contributed by atoms with E-state index >= 15 is 0 Å². The lowest BCUT2D eigenvalue weighted by Gasteiger charge is -2.13. The molecule has 1 aliphatic heterocycles. The van der Waals surface area contributed by atoms with Gasteiger partial charge >= 0.3 is 0 Å². The third kappa shape index (κ3) is 3.08. The average molecular weight is 323 g/mol. The molecule has 0 unspecified atom stereocenters. The van der Waals surface area contributed by atoms with Crippen LogP contribution in [0.2, 0.25) is 0 Å². The lowest BCUT2D eigenvalue weighted by atomic mass is 10.1. The van der Waals surface area contributed by atoms with Crippen LogP contribution in [0.3, 0.4) is 0 Å². The van der Waals surface area contributed by atoms with Crippen molar-refractivity contribution in [2.45, 2.75) is 19.9 Å². The van der Waals surface area contributed by atoms with Crippen LogP contribution in [0.15, 0.2) is 18.2 Å². The number of aromatic nitrogens is 2. The zero-order valence-corrected chi connectivity index (χ0v) is 13.3. The molecule has 0 atom stereocenters. The molecule has 0 radical (unpaired) electrons. The van der Waals surface area contributed by atoms with E-state index < -0.39 is 0 Å². The van der Waals surface area contributed by atoms with Gasteiger partial charge in [0.05, 0.1) is 7.11 Å². The minimum Gasteiger partial charge on any atom is -0.497 e. The maximum Gasteiger partial charge on any atom is 0.276 e. The van der Waals surface area contributed by atoms with Gasteiger partial charge in [-0.1, -0.05) is 0 Å². The number of hydrogen-bond donors (Lipinski definition) is 3. The normalized spacial score (nSPS) is 13.0. The summed E-state index contributed by atoms with van der Waals surface area (Å²) in [6.07, 6.45) is 0.872. The topological polar surface area (TPSA) is 79.0 Å². The van der Waals surface area contributed by atoms with Crippen molar-refractivity contribution in [1.82, 2.24) is 15.5 Å². The Morgan fingerprint density at radius 1 is 1.41 bits per heavy atom. The third-order valence-corrected chi connectivity index (χ3v) is 3.70. The lowest BCUT2D eigenvalue weighted by molar-refractivity contribution is 0.102. The van der Waals surface area contributed by atoms with Gasteiger partial charge in [-0.2, -0.15) is 5.10 Å². The van der Waals surface area contributed by atoms with Crippen LogP contribution in [-0.4, -0.2) is 29.8 Å². The fourth-order valence-corrected chi connectivity index (χ4v) is 2.50. The number of anilines is 1. The molecule has 0 fully saturated rings. The number of halogens is 1. The number of hydrogen-bond acceptors (Lipinski definition) is 4. The van der Waals surface area contributed by atoms with Gasteiger partial charge in [-0.3, -0.25) is 9.89 Å². The van der Waals surface area contributed by atoms with Crippen LogP contribution in [-0.2, 0) is 13.0 Å². The summed E-state index contributed by atoms with van der Waals surface area (Å²) in [5, 5.41) is 13.3. The molecule has 22 heavy (non-hydrogen) atoms. The van der Waals surface area contributed by atoms with E-state index in [0.29, 0.717) is 12.2 Å². The Morgan fingerprint density at radius 2 is 2.23 bits per heavy atom. The van der Waals surface area contributed by atoms with Crippen LogP contribution in [0.1, 0.15) is 27.3 Å². The summed E-state index contributed by atoms with van der Waals surface area (Å²) in [5.74, 6) is 0.580. The highest BCUT2D eigenvalue weighted by Crippen LogP contribution is 2.22. The van der Waals surface area contributed by atoms with E-state index in [1.54, 1.807) is 7.11 Å². The number of methoxy groups -OCH3 is 1. The van der Waals surface area contributed by atoms with Gasteiger partial charge in [-0.25, -0.2) is 0 Å². The Morgan fingerprint density at radius 3 is 2.95 bits per heavy atom. The largest absolute Gasteiger partial charge is 0.497 e. The van der Waals surface area contributed by atoms with Crippen LogP contribution in [0, 0.1) is 6.92 Å². The Bertz CT molecular complexity index is 684. The van der Waals surface area contributed by atoms with Gasteiger partial charge in [0.2, 0.25) is 0 Å². The second-order valence-electron chi connectivity index (χ2n) is 5.09. The summed E-state index contributed by atoms with van der Waals surface area (Å²) in [6.45, 7) is 3.52. The summed E-state index contributed by atoms with van der Waals surface area (Å²) in [4.78, 5) is 12.4. The Labute approximate surface area is 135 Å². The standard InChI is InChI=1S/C15H18N4O2.ClH/c1-9-7-10(21-2)3-4-12(9)17-15(20)14-11-8-16-6-5-13(11)18-19-14;/h3-4,7,16H,5-6,8H2,1-2H3,(H,17,20)(H,18,19);1H. The highest BCUT2D eigenvalue weighted by molar-refractivity contribution is 6.04. The molecule has 1 aliphatic rings. The van der Waals surface area contributed by atoms with Gasteiger partial charge in [0.1, 0.15) is 5.75 Å². The first kappa shape index (κ1) is 16.3. The van der Waals surface area contributed by atoms with Crippen LogP contribution >= 0.6 is 12.4 Å². The van der Waals surface area contributed by atoms with Crippen molar-refractivity contribution in [3.63, 3.8) is 0 Å². The predicted molar refractivity (Wildman–Crippen MR) is 86.9 cm³/mol. The van der Waals surface area contributed by atoms with Crippen molar-refractivity contribution < 1.29 is 9.53 Å². The molecule has 1 amide bonds. The molecular weight excluding hydrogens is 304 g/mol. The van der Waals surface area contributed by atoms with Gasteiger partial charge < -0.3 is 15.4 Å². The molecule has 3 rings (SSSR count). The highest BCUT2D eigenvalue weighted by Gasteiger charge is 2.21. The van der Waals surface area contributed by atoms with E-state index in [9.17, 15) is 4.79 Å². The molecule has 0 saturated heterocycles. The number of amides is 1. The molecule has 0 spiro atoms. The molecule has 0 saturated carbocycles. The van der Waals surface area contributed by atoms with Crippen LogP contribution in [0.25, 0.3) is 0 Å². The molecule has 0 aliphatic carbocycles. The maximum absolute atomic E-state index is 12.4. The third-order valence-electron chi connectivity index (χ3n) is 3.70. The Balaban J connectivity index is 0.00000176. The number of fused-ring (bicyclic) bond motifs is 1. The van der Waals surface area contributed by atoms with E-state index in [1.807, 2.05) is 25.1 Å². The van der Waals surface area contributed by atoms with Crippen molar-refractivity contribution in [3.05, 3.63) is 40.7 Å². The lowest BCUT2D eigenvalue weighted by Crippen LogP contribution is -2.25. The highest BCUT2D eigenvalue weighted by atomic mass is 35.5.